The Kier molecular flexibility index (Phi) is 4.04. The van der Waals surface area contributed by atoms with Gasteiger partial charge in [-0.05, 0) is 25.1 Å². The molecule has 1 aromatic heterocycles. The van der Waals surface area contributed by atoms with Crippen LogP contribution in [0.25, 0.3) is 11.3 Å². The van der Waals surface area contributed by atoms with E-state index in [-0.39, 0.29) is 5.88 Å². The monoisotopic (exact) mass is 286 g/mol. The van der Waals surface area contributed by atoms with Gasteiger partial charge in [-0.1, -0.05) is 0 Å². The summed E-state index contributed by atoms with van der Waals surface area (Å²) in [6.07, 6.45) is -1.42. The van der Waals surface area contributed by atoms with E-state index in [1.165, 1.54) is 12.3 Å². The molecule has 1 heterocycles. The van der Waals surface area contributed by atoms with Crippen LogP contribution in [-0.4, -0.2) is 9.97 Å². The highest BCUT2D eigenvalue weighted by atomic mass is 35.5. The Bertz CT molecular complexity index is 602. The van der Waals surface area contributed by atoms with E-state index < -0.39 is 17.8 Å². The molecular weight excluding hydrogens is 277 g/mol. The van der Waals surface area contributed by atoms with Crippen LogP contribution >= 0.6 is 11.6 Å². The van der Waals surface area contributed by atoms with Crippen molar-refractivity contribution < 1.29 is 13.2 Å². The summed E-state index contributed by atoms with van der Waals surface area (Å²) in [7, 11) is 0. The molecule has 0 saturated heterocycles. The molecule has 1 aromatic carbocycles. The van der Waals surface area contributed by atoms with Crippen LogP contribution in [0.3, 0.4) is 0 Å². The van der Waals surface area contributed by atoms with E-state index in [2.05, 4.69) is 9.97 Å². The number of benzene rings is 1. The number of hydrogen-bond acceptors (Lipinski definition) is 2. The summed E-state index contributed by atoms with van der Waals surface area (Å²) in [5, 5.41) is 0. The molecule has 0 amide bonds. The summed E-state index contributed by atoms with van der Waals surface area (Å²) in [5.74, 6) is -0.758. The summed E-state index contributed by atoms with van der Waals surface area (Å²) in [6, 6.07) is 3.47. The first-order chi connectivity index (χ1) is 9.02. The molecular formula is C13H10ClF3N2. The molecule has 0 saturated carbocycles. The lowest BCUT2D eigenvalue weighted by molar-refractivity contribution is 0.146. The lowest BCUT2D eigenvalue weighted by Gasteiger charge is -2.07. The van der Waals surface area contributed by atoms with Crippen LogP contribution in [0.4, 0.5) is 13.2 Å². The van der Waals surface area contributed by atoms with Gasteiger partial charge < -0.3 is 0 Å². The van der Waals surface area contributed by atoms with Crippen molar-refractivity contribution in [3.8, 4) is 11.3 Å². The van der Waals surface area contributed by atoms with Crippen molar-refractivity contribution in [2.45, 2.75) is 19.2 Å². The Balaban J connectivity index is 2.50. The average Bonchev–Trinajstić information content (AvgIpc) is 2.39. The third-order valence-electron chi connectivity index (χ3n) is 2.71. The molecule has 0 unspecified atom stereocenters. The van der Waals surface area contributed by atoms with Gasteiger partial charge in [0.05, 0.1) is 34.7 Å². The van der Waals surface area contributed by atoms with E-state index in [0.29, 0.717) is 22.6 Å². The second-order valence-electron chi connectivity index (χ2n) is 3.96. The molecule has 0 aliphatic carbocycles. The van der Waals surface area contributed by atoms with Crippen molar-refractivity contribution in [2.75, 3.05) is 0 Å². The minimum atomic E-state index is -2.87. The van der Waals surface area contributed by atoms with E-state index in [4.69, 9.17) is 11.6 Å². The van der Waals surface area contributed by atoms with Crippen LogP contribution in [0.2, 0.25) is 0 Å². The first kappa shape index (κ1) is 13.8. The van der Waals surface area contributed by atoms with Gasteiger partial charge in [0.1, 0.15) is 5.82 Å². The zero-order chi connectivity index (χ0) is 14.0. The number of alkyl halides is 3. The van der Waals surface area contributed by atoms with Gasteiger partial charge >= 0.3 is 0 Å². The topological polar surface area (TPSA) is 25.8 Å². The highest BCUT2D eigenvalue weighted by Crippen LogP contribution is 2.27. The SMILES string of the molecule is Cc1ncc(-c2ccc(F)c(C(F)F)c2)nc1CCl. The van der Waals surface area contributed by atoms with Gasteiger partial charge in [0, 0.05) is 5.56 Å². The van der Waals surface area contributed by atoms with Crippen molar-refractivity contribution >= 4 is 11.6 Å². The van der Waals surface area contributed by atoms with Crippen LogP contribution in [0.15, 0.2) is 24.4 Å². The first-order valence-corrected chi connectivity index (χ1v) is 6.03. The van der Waals surface area contributed by atoms with Crippen molar-refractivity contribution in [3.05, 3.63) is 47.2 Å². The van der Waals surface area contributed by atoms with Gasteiger partial charge in [-0.15, -0.1) is 11.6 Å². The maximum absolute atomic E-state index is 13.2. The van der Waals surface area contributed by atoms with Crippen molar-refractivity contribution in [1.29, 1.82) is 0 Å². The molecule has 0 fully saturated rings. The lowest BCUT2D eigenvalue weighted by atomic mass is 10.1. The molecule has 0 bridgehead atoms. The van der Waals surface area contributed by atoms with Crippen molar-refractivity contribution in [2.24, 2.45) is 0 Å². The molecule has 0 aliphatic rings. The predicted molar refractivity (Wildman–Crippen MR) is 66.7 cm³/mol. The highest BCUT2D eigenvalue weighted by molar-refractivity contribution is 6.17. The largest absolute Gasteiger partial charge is 0.266 e. The fraction of sp³-hybridized carbons (Fsp3) is 0.231. The van der Waals surface area contributed by atoms with Crippen LogP contribution in [0.1, 0.15) is 23.4 Å². The zero-order valence-corrected chi connectivity index (χ0v) is 10.8. The fourth-order valence-corrected chi connectivity index (χ4v) is 1.88. The van der Waals surface area contributed by atoms with Gasteiger partial charge in [0.2, 0.25) is 0 Å². The van der Waals surface area contributed by atoms with E-state index in [9.17, 15) is 13.2 Å². The normalized spacial score (nSPS) is 11.1. The van der Waals surface area contributed by atoms with E-state index in [1.807, 2.05) is 0 Å². The summed E-state index contributed by atoms with van der Waals surface area (Å²) in [6.45, 7) is 1.75. The Morgan fingerprint density at radius 2 is 2.05 bits per heavy atom. The Morgan fingerprint density at radius 1 is 1.32 bits per heavy atom. The van der Waals surface area contributed by atoms with Gasteiger partial charge in [-0.25, -0.2) is 18.2 Å². The van der Waals surface area contributed by atoms with Crippen LogP contribution in [-0.2, 0) is 5.88 Å². The number of hydrogen-bond donors (Lipinski definition) is 0. The molecule has 6 heteroatoms. The third-order valence-corrected chi connectivity index (χ3v) is 2.96. The minimum Gasteiger partial charge on any atom is -0.257 e. The molecule has 0 aliphatic heterocycles. The fourth-order valence-electron chi connectivity index (χ4n) is 1.62. The van der Waals surface area contributed by atoms with Gasteiger partial charge in [-0.3, -0.25) is 4.98 Å². The molecule has 2 aromatic rings. The Labute approximate surface area is 113 Å². The maximum Gasteiger partial charge on any atom is 0.266 e. The van der Waals surface area contributed by atoms with E-state index in [1.54, 1.807) is 6.92 Å². The second-order valence-corrected chi connectivity index (χ2v) is 4.23. The Morgan fingerprint density at radius 3 is 2.68 bits per heavy atom. The quantitative estimate of drug-likeness (QED) is 0.788. The number of nitrogens with zero attached hydrogens (tertiary/aromatic N) is 2. The zero-order valence-electron chi connectivity index (χ0n) is 10.0. The van der Waals surface area contributed by atoms with Crippen LogP contribution in [0.5, 0.6) is 0 Å². The Hall–Kier alpha value is -1.62. The molecule has 2 rings (SSSR count). The molecule has 0 spiro atoms. The van der Waals surface area contributed by atoms with Gasteiger partial charge in [0.15, 0.2) is 0 Å². The van der Waals surface area contributed by atoms with Gasteiger partial charge in [-0.2, -0.15) is 0 Å². The predicted octanol–water partition coefficient (Wildman–Crippen LogP) is 4.27. The standard InChI is InChI=1S/C13H10ClF3N2/c1-7-11(5-14)19-12(6-18-7)8-2-3-10(15)9(4-8)13(16)17/h2-4,6,13H,5H2,1H3. The summed E-state index contributed by atoms with van der Waals surface area (Å²) in [4.78, 5) is 8.32. The summed E-state index contributed by atoms with van der Waals surface area (Å²) in [5.41, 5.74) is 1.38. The summed E-state index contributed by atoms with van der Waals surface area (Å²) < 4.78 is 38.5. The molecule has 0 radical (unpaired) electrons. The number of rotatable bonds is 3. The molecule has 19 heavy (non-hydrogen) atoms. The highest BCUT2D eigenvalue weighted by Gasteiger charge is 2.15. The van der Waals surface area contributed by atoms with Crippen molar-refractivity contribution in [3.63, 3.8) is 0 Å². The maximum atomic E-state index is 13.2. The number of aryl methyl sites for hydroxylation is 1. The smallest absolute Gasteiger partial charge is 0.257 e. The minimum absolute atomic E-state index is 0.176. The molecule has 2 nitrogen and oxygen atoms in total. The number of halogens is 4. The molecule has 100 valence electrons. The second kappa shape index (κ2) is 5.57. The van der Waals surface area contributed by atoms with Gasteiger partial charge in [0.25, 0.3) is 6.43 Å². The van der Waals surface area contributed by atoms with E-state index in [0.717, 1.165) is 12.1 Å². The first-order valence-electron chi connectivity index (χ1n) is 5.49. The average molecular weight is 287 g/mol. The molecule has 0 atom stereocenters. The number of aromatic nitrogens is 2. The molecule has 0 N–H and O–H groups in total. The third kappa shape index (κ3) is 2.87. The summed E-state index contributed by atoms with van der Waals surface area (Å²) >= 11 is 5.72. The van der Waals surface area contributed by atoms with Crippen LogP contribution < -0.4 is 0 Å². The lowest BCUT2D eigenvalue weighted by Crippen LogP contribution is -1.98. The van der Waals surface area contributed by atoms with E-state index >= 15 is 0 Å². The van der Waals surface area contributed by atoms with Crippen molar-refractivity contribution in [1.82, 2.24) is 9.97 Å². The van der Waals surface area contributed by atoms with Crippen LogP contribution in [0, 0.1) is 12.7 Å².